The summed E-state index contributed by atoms with van der Waals surface area (Å²) in [5.41, 5.74) is 4.64. The van der Waals surface area contributed by atoms with Crippen LogP contribution in [0.15, 0.2) is 30.5 Å². The summed E-state index contributed by atoms with van der Waals surface area (Å²) in [6, 6.07) is 7.32. The van der Waals surface area contributed by atoms with Crippen LogP contribution < -0.4 is 20.7 Å². The third kappa shape index (κ3) is 2.48. The summed E-state index contributed by atoms with van der Waals surface area (Å²) < 4.78 is 12.8. The zero-order valence-corrected chi connectivity index (χ0v) is 12.0. The number of aromatic nitrogens is 2. The largest absolute Gasteiger partial charge is 0.496 e. The number of aryl methyl sites for hydroxylation is 1. The van der Waals surface area contributed by atoms with E-state index in [4.69, 9.17) is 15.3 Å². The van der Waals surface area contributed by atoms with Crippen molar-refractivity contribution in [3.8, 4) is 11.5 Å². The second-order valence-electron chi connectivity index (χ2n) is 4.25. The van der Waals surface area contributed by atoms with Crippen molar-refractivity contribution in [2.24, 2.45) is 5.84 Å². The van der Waals surface area contributed by atoms with Gasteiger partial charge in [-0.25, -0.2) is 5.43 Å². The lowest BCUT2D eigenvalue weighted by molar-refractivity contribution is 0.374. The lowest BCUT2D eigenvalue weighted by Gasteiger charge is -2.22. The molecule has 0 fully saturated rings. The molecule has 0 aliphatic heterocycles. The Balaban J connectivity index is 2.57. The van der Waals surface area contributed by atoms with Gasteiger partial charge >= 0.3 is 0 Å². The van der Waals surface area contributed by atoms with E-state index in [0.717, 1.165) is 29.3 Å². The SMILES string of the molecule is CCn1nccc1C(NN)c1c(OC)cccc1OC. The molecule has 2 rings (SSSR count). The van der Waals surface area contributed by atoms with Gasteiger partial charge in [-0.2, -0.15) is 5.10 Å². The van der Waals surface area contributed by atoms with E-state index in [-0.39, 0.29) is 6.04 Å². The average Bonchev–Trinajstić information content (AvgIpc) is 2.96. The Kier molecular flexibility index (Phi) is 4.60. The molecule has 0 radical (unpaired) electrons. The third-order valence-corrected chi connectivity index (χ3v) is 3.27. The number of nitrogens with zero attached hydrogens (tertiary/aromatic N) is 2. The van der Waals surface area contributed by atoms with Gasteiger partial charge in [-0.1, -0.05) is 6.07 Å². The van der Waals surface area contributed by atoms with Crippen LogP contribution in [0.1, 0.15) is 24.2 Å². The average molecular weight is 276 g/mol. The first kappa shape index (κ1) is 14.4. The molecule has 0 saturated carbocycles. The number of benzene rings is 1. The van der Waals surface area contributed by atoms with Gasteiger partial charge in [0.2, 0.25) is 0 Å². The van der Waals surface area contributed by atoms with E-state index in [9.17, 15) is 0 Å². The molecule has 0 aliphatic rings. The molecule has 1 aromatic carbocycles. The Hall–Kier alpha value is -2.05. The summed E-state index contributed by atoms with van der Waals surface area (Å²) in [6.07, 6.45) is 1.76. The van der Waals surface area contributed by atoms with E-state index in [0.29, 0.717) is 0 Å². The highest BCUT2D eigenvalue weighted by Gasteiger charge is 2.24. The van der Waals surface area contributed by atoms with E-state index in [2.05, 4.69) is 10.5 Å². The maximum atomic E-state index is 5.76. The monoisotopic (exact) mass is 276 g/mol. The number of rotatable bonds is 6. The minimum absolute atomic E-state index is 0.261. The maximum absolute atomic E-state index is 5.76. The molecule has 108 valence electrons. The Bertz CT molecular complexity index is 546. The second-order valence-corrected chi connectivity index (χ2v) is 4.25. The van der Waals surface area contributed by atoms with Gasteiger partial charge in [-0.05, 0) is 25.1 Å². The Morgan fingerprint density at radius 2 is 1.90 bits per heavy atom. The summed E-state index contributed by atoms with van der Waals surface area (Å²) in [5.74, 6) is 7.20. The Morgan fingerprint density at radius 3 is 2.40 bits per heavy atom. The van der Waals surface area contributed by atoms with Gasteiger partial charge < -0.3 is 9.47 Å². The van der Waals surface area contributed by atoms with Gasteiger partial charge in [0, 0.05) is 12.7 Å². The van der Waals surface area contributed by atoms with Crippen LogP contribution in [0.4, 0.5) is 0 Å². The van der Waals surface area contributed by atoms with Gasteiger partial charge in [0.25, 0.3) is 0 Å². The second kappa shape index (κ2) is 6.40. The molecule has 0 spiro atoms. The van der Waals surface area contributed by atoms with Crippen LogP contribution in [0.25, 0.3) is 0 Å². The number of ether oxygens (including phenoxy) is 2. The van der Waals surface area contributed by atoms with Crippen molar-refractivity contribution in [3.05, 3.63) is 41.7 Å². The lowest BCUT2D eigenvalue weighted by atomic mass is 10.0. The first-order valence-corrected chi connectivity index (χ1v) is 6.45. The quantitative estimate of drug-likeness (QED) is 0.617. The first-order chi connectivity index (χ1) is 9.76. The minimum atomic E-state index is -0.261. The normalized spacial score (nSPS) is 12.2. The van der Waals surface area contributed by atoms with Gasteiger partial charge in [0.15, 0.2) is 0 Å². The fraction of sp³-hybridized carbons (Fsp3) is 0.357. The third-order valence-electron chi connectivity index (χ3n) is 3.27. The molecule has 0 amide bonds. The smallest absolute Gasteiger partial charge is 0.127 e. The molecule has 0 saturated heterocycles. The molecule has 2 aromatic rings. The lowest BCUT2D eigenvalue weighted by Crippen LogP contribution is -2.31. The van der Waals surface area contributed by atoms with Crippen LogP contribution in [0.3, 0.4) is 0 Å². The zero-order valence-electron chi connectivity index (χ0n) is 12.0. The molecule has 20 heavy (non-hydrogen) atoms. The van der Waals surface area contributed by atoms with E-state index >= 15 is 0 Å². The van der Waals surface area contributed by atoms with Crippen molar-refractivity contribution >= 4 is 0 Å². The van der Waals surface area contributed by atoms with Crippen molar-refractivity contribution in [1.82, 2.24) is 15.2 Å². The molecule has 6 nitrogen and oxygen atoms in total. The van der Waals surface area contributed by atoms with E-state index in [1.807, 2.05) is 35.9 Å². The highest BCUT2D eigenvalue weighted by atomic mass is 16.5. The van der Waals surface area contributed by atoms with E-state index < -0.39 is 0 Å². The molecule has 1 unspecified atom stereocenters. The molecular formula is C14H20N4O2. The molecule has 1 aromatic heterocycles. The molecule has 0 bridgehead atoms. The molecule has 3 N–H and O–H groups in total. The van der Waals surface area contributed by atoms with Gasteiger partial charge in [-0.3, -0.25) is 10.5 Å². The van der Waals surface area contributed by atoms with Crippen LogP contribution in [0.5, 0.6) is 11.5 Å². The first-order valence-electron chi connectivity index (χ1n) is 6.45. The van der Waals surface area contributed by atoms with Gasteiger partial charge in [0.05, 0.1) is 31.5 Å². The maximum Gasteiger partial charge on any atom is 0.127 e. The van der Waals surface area contributed by atoms with Gasteiger partial charge in [-0.15, -0.1) is 0 Å². The van der Waals surface area contributed by atoms with E-state index in [1.54, 1.807) is 20.4 Å². The van der Waals surface area contributed by atoms with Gasteiger partial charge in [0.1, 0.15) is 11.5 Å². The van der Waals surface area contributed by atoms with E-state index in [1.165, 1.54) is 0 Å². The number of nitrogens with one attached hydrogen (secondary N) is 1. The van der Waals surface area contributed by atoms with Crippen molar-refractivity contribution < 1.29 is 9.47 Å². The van der Waals surface area contributed by atoms with Crippen LogP contribution >= 0.6 is 0 Å². The van der Waals surface area contributed by atoms with Crippen LogP contribution in [-0.4, -0.2) is 24.0 Å². The molecule has 1 atom stereocenters. The van der Waals surface area contributed by atoms with Crippen molar-refractivity contribution in [2.75, 3.05) is 14.2 Å². The Labute approximate surface area is 118 Å². The predicted molar refractivity (Wildman–Crippen MR) is 76.6 cm³/mol. The summed E-state index contributed by atoms with van der Waals surface area (Å²) in [6.45, 7) is 2.79. The summed E-state index contributed by atoms with van der Waals surface area (Å²) >= 11 is 0. The zero-order chi connectivity index (χ0) is 14.5. The van der Waals surface area contributed by atoms with Crippen molar-refractivity contribution in [1.29, 1.82) is 0 Å². The molecule has 6 heteroatoms. The molecular weight excluding hydrogens is 256 g/mol. The summed E-state index contributed by atoms with van der Waals surface area (Å²) in [7, 11) is 3.26. The topological polar surface area (TPSA) is 74.3 Å². The summed E-state index contributed by atoms with van der Waals surface area (Å²) in [5, 5.41) is 4.28. The number of nitrogens with two attached hydrogens (primary N) is 1. The molecule has 1 heterocycles. The van der Waals surface area contributed by atoms with Crippen molar-refractivity contribution in [3.63, 3.8) is 0 Å². The number of hydrogen-bond donors (Lipinski definition) is 2. The number of hydrogen-bond acceptors (Lipinski definition) is 5. The Morgan fingerprint density at radius 1 is 1.25 bits per heavy atom. The standard InChI is InChI=1S/C14H20N4O2/c1-4-18-10(8-9-16-18)14(17-15)13-11(19-2)6-5-7-12(13)20-3/h5-9,14,17H,4,15H2,1-3H3. The van der Waals surface area contributed by atoms with Crippen LogP contribution in [0, 0.1) is 0 Å². The fourth-order valence-corrected chi connectivity index (χ4v) is 2.33. The predicted octanol–water partition coefficient (Wildman–Crippen LogP) is 1.47. The highest BCUT2D eigenvalue weighted by molar-refractivity contribution is 5.49. The summed E-state index contributed by atoms with van der Waals surface area (Å²) in [4.78, 5) is 0. The van der Waals surface area contributed by atoms with Crippen molar-refractivity contribution in [2.45, 2.75) is 19.5 Å². The minimum Gasteiger partial charge on any atom is -0.496 e. The number of hydrazine groups is 1. The van der Waals surface area contributed by atoms with Crippen LogP contribution in [0.2, 0.25) is 0 Å². The highest BCUT2D eigenvalue weighted by Crippen LogP contribution is 2.36. The fourth-order valence-electron chi connectivity index (χ4n) is 2.33. The molecule has 0 aliphatic carbocycles. The number of methoxy groups -OCH3 is 2. The van der Waals surface area contributed by atoms with Crippen LogP contribution in [-0.2, 0) is 6.54 Å².